The summed E-state index contributed by atoms with van der Waals surface area (Å²) in [6, 6.07) is 9.10. The molecule has 3 N–H and O–H groups in total. The number of nitrogens with zero attached hydrogens (tertiary/aromatic N) is 1. The second-order valence-corrected chi connectivity index (χ2v) is 8.22. The first-order valence-corrected chi connectivity index (χ1v) is 10.2. The molecule has 136 valence electrons. The summed E-state index contributed by atoms with van der Waals surface area (Å²) < 4.78 is 29.2. The number of nitrogens with two attached hydrogens (primary N) is 1. The van der Waals surface area contributed by atoms with Gasteiger partial charge in [-0.25, -0.2) is 18.5 Å². The molecule has 0 radical (unpaired) electrons. The number of benzene rings is 2. The van der Waals surface area contributed by atoms with Crippen molar-refractivity contribution in [3.63, 3.8) is 0 Å². The van der Waals surface area contributed by atoms with E-state index in [4.69, 9.17) is 21.5 Å². The van der Waals surface area contributed by atoms with Crippen LogP contribution in [0.1, 0.15) is 17.3 Å². The number of amides is 1. The number of nitrogens with one attached hydrogen (secondary N) is 1. The average Bonchev–Trinajstić information content (AvgIpc) is 2.95. The van der Waals surface area contributed by atoms with Crippen LogP contribution < -0.4 is 15.2 Å². The zero-order valence-corrected chi connectivity index (χ0v) is 15.9. The number of rotatable bonds is 5. The lowest BCUT2D eigenvalue weighted by atomic mass is 10.2. The van der Waals surface area contributed by atoms with E-state index in [-0.39, 0.29) is 15.5 Å². The van der Waals surface area contributed by atoms with Gasteiger partial charge in [0.25, 0.3) is 5.91 Å². The maximum atomic E-state index is 12.5. The summed E-state index contributed by atoms with van der Waals surface area (Å²) in [5.41, 5.74) is 0.700. The Labute approximate surface area is 158 Å². The molecule has 7 nitrogen and oxygen atoms in total. The normalized spacial score (nSPS) is 11.5. The third kappa shape index (κ3) is 3.96. The minimum atomic E-state index is -3.94. The minimum Gasteiger partial charge on any atom is -0.494 e. The Balaban J connectivity index is 1.89. The predicted octanol–water partition coefficient (Wildman–Crippen LogP) is 3.25. The van der Waals surface area contributed by atoms with Crippen molar-refractivity contribution in [3.8, 4) is 5.75 Å². The molecule has 0 bridgehead atoms. The molecule has 0 unspecified atom stereocenters. The second kappa shape index (κ2) is 7.20. The van der Waals surface area contributed by atoms with Crippen LogP contribution in [0.25, 0.3) is 10.2 Å². The van der Waals surface area contributed by atoms with Crippen molar-refractivity contribution >= 4 is 54.2 Å². The lowest BCUT2D eigenvalue weighted by Crippen LogP contribution is -2.16. The monoisotopic (exact) mass is 411 g/mol. The first-order chi connectivity index (χ1) is 12.3. The van der Waals surface area contributed by atoms with Gasteiger partial charge in [-0.05, 0) is 43.3 Å². The Kier molecular flexibility index (Phi) is 5.15. The zero-order valence-electron chi connectivity index (χ0n) is 13.5. The molecule has 3 rings (SSSR count). The molecule has 3 aromatic rings. The summed E-state index contributed by atoms with van der Waals surface area (Å²) in [5, 5.41) is 8.18. The molecule has 0 atom stereocenters. The summed E-state index contributed by atoms with van der Waals surface area (Å²) in [6.45, 7) is 2.44. The fraction of sp³-hybridized carbons (Fsp3) is 0.125. The van der Waals surface area contributed by atoms with Crippen molar-refractivity contribution in [3.05, 3.63) is 47.0 Å². The van der Waals surface area contributed by atoms with E-state index in [1.165, 1.54) is 23.5 Å². The third-order valence-corrected chi connectivity index (χ3v) is 5.58. The van der Waals surface area contributed by atoms with Crippen LogP contribution in [0.15, 0.2) is 41.3 Å². The molecular formula is C16H14ClN3O4S2. The number of aromatic nitrogens is 1. The number of carbonyl (C=O) groups is 1. The number of hydrogen-bond acceptors (Lipinski definition) is 6. The highest BCUT2D eigenvalue weighted by atomic mass is 35.5. The van der Waals surface area contributed by atoms with Crippen molar-refractivity contribution in [1.29, 1.82) is 0 Å². The average molecular weight is 412 g/mol. The van der Waals surface area contributed by atoms with Crippen molar-refractivity contribution < 1.29 is 17.9 Å². The van der Waals surface area contributed by atoms with Gasteiger partial charge in [-0.2, -0.15) is 0 Å². The highest BCUT2D eigenvalue weighted by Crippen LogP contribution is 2.30. The summed E-state index contributed by atoms with van der Waals surface area (Å²) in [4.78, 5) is 16.6. The van der Waals surface area contributed by atoms with Crippen LogP contribution in [-0.4, -0.2) is 25.9 Å². The smallest absolute Gasteiger partial charge is 0.259 e. The van der Waals surface area contributed by atoms with E-state index in [1.807, 2.05) is 13.0 Å². The van der Waals surface area contributed by atoms with E-state index in [1.54, 1.807) is 12.1 Å². The van der Waals surface area contributed by atoms with E-state index in [2.05, 4.69) is 10.3 Å². The molecule has 0 aliphatic heterocycles. The standard InChI is InChI=1S/C16H14ClN3O4S2/c1-2-24-9-3-6-13-14(7-9)25-16(19-13)20-15(21)11-8-10(26(18,22)23)4-5-12(11)17/h3-8H,2H2,1H3,(H2,18,22,23)(H,19,20,21). The molecule has 0 aliphatic carbocycles. The van der Waals surface area contributed by atoms with Gasteiger partial charge in [0.05, 0.1) is 32.3 Å². The Morgan fingerprint density at radius 3 is 2.77 bits per heavy atom. The van der Waals surface area contributed by atoms with Gasteiger partial charge in [0.15, 0.2) is 5.13 Å². The molecule has 1 heterocycles. The summed E-state index contributed by atoms with van der Waals surface area (Å²) in [6.07, 6.45) is 0. The summed E-state index contributed by atoms with van der Waals surface area (Å²) in [7, 11) is -3.94. The van der Waals surface area contributed by atoms with E-state index in [0.717, 1.165) is 10.8 Å². The van der Waals surface area contributed by atoms with Crippen LogP contribution in [0.4, 0.5) is 5.13 Å². The lowest BCUT2D eigenvalue weighted by molar-refractivity contribution is 0.102. The maximum Gasteiger partial charge on any atom is 0.259 e. The van der Waals surface area contributed by atoms with Gasteiger partial charge < -0.3 is 4.74 Å². The van der Waals surface area contributed by atoms with Gasteiger partial charge in [0.1, 0.15) is 5.75 Å². The van der Waals surface area contributed by atoms with Crippen LogP contribution in [0.3, 0.4) is 0 Å². The number of fused-ring (bicyclic) bond motifs is 1. The van der Waals surface area contributed by atoms with Crippen molar-refractivity contribution in [1.82, 2.24) is 4.98 Å². The number of anilines is 1. The lowest BCUT2D eigenvalue weighted by Gasteiger charge is -2.06. The van der Waals surface area contributed by atoms with Crippen LogP contribution in [-0.2, 0) is 10.0 Å². The van der Waals surface area contributed by atoms with Gasteiger partial charge in [0, 0.05) is 0 Å². The van der Waals surface area contributed by atoms with E-state index < -0.39 is 15.9 Å². The number of sulfonamides is 1. The number of hydrogen-bond donors (Lipinski definition) is 2. The zero-order chi connectivity index (χ0) is 18.9. The molecule has 0 saturated carbocycles. The maximum absolute atomic E-state index is 12.5. The van der Waals surface area contributed by atoms with E-state index in [9.17, 15) is 13.2 Å². The summed E-state index contributed by atoms with van der Waals surface area (Å²) >= 11 is 7.28. The molecule has 1 amide bonds. The van der Waals surface area contributed by atoms with Crippen molar-refractivity contribution in [2.45, 2.75) is 11.8 Å². The number of halogens is 1. The molecule has 0 spiro atoms. The number of primary sulfonamides is 1. The van der Waals surface area contributed by atoms with Gasteiger partial charge >= 0.3 is 0 Å². The first-order valence-electron chi connectivity index (χ1n) is 7.45. The van der Waals surface area contributed by atoms with Gasteiger partial charge in [-0.15, -0.1) is 0 Å². The highest BCUT2D eigenvalue weighted by molar-refractivity contribution is 7.89. The minimum absolute atomic E-state index is 0.00699. The predicted molar refractivity (Wildman–Crippen MR) is 102 cm³/mol. The molecule has 0 fully saturated rings. The van der Waals surface area contributed by atoms with Gasteiger partial charge in [-0.1, -0.05) is 22.9 Å². The van der Waals surface area contributed by atoms with Crippen molar-refractivity contribution in [2.75, 3.05) is 11.9 Å². The fourth-order valence-electron chi connectivity index (χ4n) is 2.23. The van der Waals surface area contributed by atoms with Crippen molar-refractivity contribution in [2.24, 2.45) is 5.14 Å². The van der Waals surface area contributed by atoms with Crippen LogP contribution in [0.5, 0.6) is 5.75 Å². The Hall–Kier alpha value is -2.20. The molecular weight excluding hydrogens is 398 g/mol. The van der Waals surface area contributed by atoms with E-state index in [0.29, 0.717) is 23.0 Å². The number of thiazole rings is 1. The first kappa shape index (κ1) is 18.6. The molecule has 2 aromatic carbocycles. The summed E-state index contributed by atoms with van der Waals surface area (Å²) in [5.74, 6) is 0.134. The van der Waals surface area contributed by atoms with Crippen LogP contribution in [0, 0.1) is 0 Å². The van der Waals surface area contributed by atoms with Crippen LogP contribution >= 0.6 is 22.9 Å². The molecule has 0 saturated heterocycles. The number of carbonyl (C=O) groups excluding carboxylic acids is 1. The largest absolute Gasteiger partial charge is 0.494 e. The Morgan fingerprint density at radius 1 is 1.31 bits per heavy atom. The Morgan fingerprint density at radius 2 is 2.08 bits per heavy atom. The topological polar surface area (TPSA) is 111 Å². The van der Waals surface area contributed by atoms with E-state index >= 15 is 0 Å². The SMILES string of the molecule is CCOc1ccc2nc(NC(=O)c3cc(S(N)(=O)=O)ccc3Cl)sc2c1. The van der Waals surface area contributed by atoms with Gasteiger partial charge in [-0.3, -0.25) is 10.1 Å². The second-order valence-electron chi connectivity index (χ2n) is 5.22. The number of ether oxygens (including phenoxy) is 1. The van der Waals surface area contributed by atoms with Crippen LogP contribution in [0.2, 0.25) is 5.02 Å². The quantitative estimate of drug-likeness (QED) is 0.669. The third-order valence-electron chi connectivity index (χ3n) is 3.40. The highest BCUT2D eigenvalue weighted by Gasteiger charge is 2.17. The van der Waals surface area contributed by atoms with Gasteiger partial charge in [0.2, 0.25) is 10.0 Å². The molecule has 26 heavy (non-hydrogen) atoms. The fourth-order valence-corrected chi connectivity index (χ4v) is 3.87. The molecule has 1 aromatic heterocycles. The molecule has 10 heteroatoms. The Bertz CT molecular complexity index is 1100. The molecule has 0 aliphatic rings.